The number of aryl methyl sites for hydroxylation is 2. The molecule has 0 amide bonds. The monoisotopic (exact) mass is 292 g/mol. The Kier molecular flexibility index (Phi) is 4.04. The Balaban J connectivity index is 1.77. The maximum Gasteiger partial charge on any atom is 0.0456 e. The van der Waals surface area contributed by atoms with Crippen LogP contribution in [0.2, 0.25) is 0 Å². The predicted octanol–water partition coefficient (Wildman–Crippen LogP) is 5.20. The van der Waals surface area contributed by atoms with Crippen molar-refractivity contribution in [1.82, 2.24) is 10.3 Å². The Morgan fingerprint density at radius 1 is 0.864 bits per heavy atom. The summed E-state index contributed by atoms with van der Waals surface area (Å²) in [6, 6.07) is 18.0. The lowest BCUT2D eigenvalue weighted by Crippen LogP contribution is -2.22. The van der Waals surface area contributed by atoms with Crippen LogP contribution in [-0.2, 0) is 0 Å². The predicted molar refractivity (Wildman–Crippen MR) is 94.2 cm³/mol. The summed E-state index contributed by atoms with van der Waals surface area (Å²) < 4.78 is 0. The summed E-state index contributed by atoms with van der Waals surface area (Å²) in [6.45, 7) is 8.77. The molecule has 1 aromatic heterocycles. The molecule has 0 spiro atoms. The number of rotatable bonds is 4. The third kappa shape index (κ3) is 2.93. The zero-order chi connectivity index (χ0) is 15.7. The van der Waals surface area contributed by atoms with E-state index in [2.05, 4.69) is 86.5 Å². The normalized spacial score (nSPS) is 14.2. The van der Waals surface area contributed by atoms with Crippen molar-refractivity contribution in [3.63, 3.8) is 0 Å². The van der Waals surface area contributed by atoms with Crippen molar-refractivity contribution in [2.75, 3.05) is 0 Å². The molecular weight excluding hydrogens is 268 g/mol. The number of aromatic nitrogens is 1. The van der Waals surface area contributed by atoms with Crippen molar-refractivity contribution in [2.45, 2.75) is 39.8 Å². The van der Waals surface area contributed by atoms with Crippen LogP contribution in [-0.4, -0.2) is 4.98 Å². The summed E-state index contributed by atoms with van der Waals surface area (Å²) in [5.74, 6) is 0. The highest BCUT2D eigenvalue weighted by atomic mass is 15.0. The molecule has 0 aliphatic heterocycles. The third-order valence-electron chi connectivity index (χ3n) is 4.55. The number of benzene rings is 2. The average molecular weight is 292 g/mol. The molecule has 1 heterocycles. The number of H-pyrrole nitrogens is 1. The second-order valence-corrected chi connectivity index (χ2v) is 6.27. The fraction of sp³-hybridized carbons (Fsp3) is 0.300. The van der Waals surface area contributed by atoms with E-state index in [1.807, 2.05) is 0 Å². The van der Waals surface area contributed by atoms with Crippen molar-refractivity contribution in [1.29, 1.82) is 0 Å². The summed E-state index contributed by atoms with van der Waals surface area (Å²) in [5.41, 5.74) is 6.47. The zero-order valence-corrected chi connectivity index (χ0v) is 13.8. The van der Waals surface area contributed by atoms with Gasteiger partial charge >= 0.3 is 0 Å². The van der Waals surface area contributed by atoms with Crippen molar-refractivity contribution < 1.29 is 0 Å². The van der Waals surface area contributed by atoms with Gasteiger partial charge in [0.25, 0.3) is 0 Å². The van der Waals surface area contributed by atoms with Gasteiger partial charge in [0.05, 0.1) is 0 Å². The molecule has 2 aromatic carbocycles. The van der Waals surface area contributed by atoms with E-state index in [9.17, 15) is 0 Å². The van der Waals surface area contributed by atoms with E-state index in [0.717, 1.165) is 0 Å². The van der Waals surface area contributed by atoms with Crippen LogP contribution < -0.4 is 5.32 Å². The second kappa shape index (κ2) is 5.98. The van der Waals surface area contributed by atoms with Crippen molar-refractivity contribution in [3.8, 4) is 0 Å². The SMILES string of the molecule is Cc1ccc([C@H](C)N[C@@H](C)c2cc3ccccc3[nH]2)cc1C. The minimum absolute atomic E-state index is 0.281. The maximum atomic E-state index is 3.69. The van der Waals surface area contributed by atoms with E-state index >= 15 is 0 Å². The summed E-state index contributed by atoms with van der Waals surface area (Å²) in [6.07, 6.45) is 0. The topological polar surface area (TPSA) is 27.8 Å². The lowest BCUT2D eigenvalue weighted by Gasteiger charge is -2.20. The molecule has 3 rings (SSSR count). The maximum absolute atomic E-state index is 3.69. The Hall–Kier alpha value is -2.06. The Labute approximate surface area is 132 Å². The van der Waals surface area contributed by atoms with Crippen LogP contribution in [0.15, 0.2) is 48.5 Å². The summed E-state index contributed by atoms with van der Waals surface area (Å²) in [5, 5.41) is 4.96. The lowest BCUT2D eigenvalue weighted by molar-refractivity contribution is 0.488. The van der Waals surface area contributed by atoms with Gasteiger partial charge in [0.1, 0.15) is 0 Å². The highest BCUT2D eigenvalue weighted by Gasteiger charge is 2.13. The van der Waals surface area contributed by atoms with Crippen LogP contribution in [0.1, 0.15) is 48.3 Å². The number of aromatic amines is 1. The minimum atomic E-state index is 0.281. The van der Waals surface area contributed by atoms with E-state index in [1.165, 1.54) is 33.3 Å². The highest BCUT2D eigenvalue weighted by Crippen LogP contribution is 2.23. The van der Waals surface area contributed by atoms with E-state index < -0.39 is 0 Å². The molecule has 2 nitrogen and oxygen atoms in total. The summed E-state index contributed by atoms with van der Waals surface area (Å²) in [7, 11) is 0. The van der Waals surface area contributed by atoms with Crippen LogP contribution in [0.4, 0.5) is 0 Å². The fourth-order valence-electron chi connectivity index (χ4n) is 2.92. The van der Waals surface area contributed by atoms with Gasteiger partial charge in [-0.15, -0.1) is 0 Å². The average Bonchev–Trinajstić information content (AvgIpc) is 2.94. The van der Waals surface area contributed by atoms with E-state index in [4.69, 9.17) is 0 Å². The highest BCUT2D eigenvalue weighted by molar-refractivity contribution is 5.80. The van der Waals surface area contributed by atoms with E-state index in [-0.39, 0.29) is 6.04 Å². The molecule has 0 fully saturated rings. The molecule has 114 valence electrons. The van der Waals surface area contributed by atoms with Gasteiger partial charge in [-0.25, -0.2) is 0 Å². The van der Waals surface area contributed by atoms with E-state index in [1.54, 1.807) is 0 Å². The van der Waals surface area contributed by atoms with Gasteiger partial charge in [0.15, 0.2) is 0 Å². The first kappa shape index (κ1) is 14.9. The van der Waals surface area contributed by atoms with Crippen LogP contribution in [0.25, 0.3) is 10.9 Å². The first-order valence-corrected chi connectivity index (χ1v) is 7.95. The molecule has 2 N–H and O–H groups in total. The van der Waals surface area contributed by atoms with Crippen molar-refractivity contribution in [3.05, 3.63) is 70.9 Å². The Morgan fingerprint density at radius 3 is 2.36 bits per heavy atom. The van der Waals surface area contributed by atoms with Crippen molar-refractivity contribution >= 4 is 10.9 Å². The van der Waals surface area contributed by atoms with Gasteiger partial charge in [0, 0.05) is 23.3 Å². The quantitative estimate of drug-likeness (QED) is 0.680. The van der Waals surface area contributed by atoms with Crippen LogP contribution >= 0.6 is 0 Å². The van der Waals surface area contributed by atoms with Crippen LogP contribution in [0, 0.1) is 13.8 Å². The smallest absolute Gasteiger partial charge is 0.0456 e. The molecule has 22 heavy (non-hydrogen) atoms. The standard InChI is InChI=1S/C20H24N2/c1-13-9-10-17(11-14(13)2)15(3)21-16(4)20-12-18-7-5-6-8-19(18)22-20/h5-12,15-16,21-22H,1-4H3/t15-,16-/m0/s1. The molecule has 0 unspecified atom stereocenters. The molecule has 0 radical (unpaired) electrons. The third-order valence-corrected chi connectivity index (χ3v) is 4.55. The lowest BCUT2D eigenvalue weighted by atomic mass is 10.0. The summed E-state index contributed by atoms with van der Waals surface area (Å²) >= 11 is 0. The molecule has 3 aromatic rings. The van der Waals surface area contributed by atoms with Crippen molar-refractivity contribution in [2.24, 2.45) is 0 Å². The molecule has 2 atom stereocenters. The second-order valence-electron chi connectivity index (χ2n) is 6.27. The van der Waals surface area contributed by atoms with Crippen LogP contribution in [0.3, 0.4) is 0 Å². The summed E-state index contributed by atoms with van der Waals surface area (Å²) in [4.78, 5) is 3.51. The van der Waals surface area contributed by atoms with Gasteiger partial charge in [-0.1, -0.05) is 36.4 Å². The molecular formula is C20H24N2. The Morgan fingerprint density at radius 2 is 1.64 bits per heavy atom. The molecule has 2 heteroatoms. The molecule has 0 aliphatic carbocycles. The van der Waals surface area contributed by atoms with Gasteiger partial charge in [-0.2, -0.15) is 0 Å². The molecule has 0 saturated carbocycles. The largest absolute Gasteiger partial charge is 0.357 e. The first-order valence-electron chi connectivity index (χ1n) is 7.95. The minimum Gasteiger partial charge on any atom is -0.357 e. The number of para-hydroxylation sites is 1. The fourth-order valence-corrected chi connectivity index (χ4v) is 2.92. The number of hydrogen-bond donors (Lipinski definition) is 2. The number of nitrogens with one attached hydrogen (secondary N) is 2. The molecule has 0 aliphatic rings. The van der Waals surface area contributed by atoms with Gasteiger partial charge in [0.2, 0.25) is 0 Å². The van der Waals surface area contributed by atoms with Gasteiger partial charge < -0.3 is 10.3 Å². The zero-order valence-electron chi connectivity index (χ0n) is 13.8. The number of fused-ring (bicyclic) bond motifs is 1. The molecule has 0 saturated heterocycles. The van der Waals surface area contributed by atoms with E-state index in [0.29, 0.717) is 6.04 Å². The first-order chi connectivity index (χ1) is 10.5. The van der Waals surface area contributed by atoms with Gasteiger partial charge in [-0.3, -0.25) is 0 Å². The Bertz CT molecular complexity index is 752. The molecule has 0 bridgehead atoms. The number of hydrogen-bond acceptors (Lipinski definition) is 1. The van der Waals surface area contributed by atoms with Crippen LogP contribution in [0.5, 0.6) is 0 Å². The van der Waals surface area contributed by atoms with Gasteiger partial charge in [-0.05, 0) is 61.9 Å².